The molecule has 6 heteroatoms. The van der Waals surface area contributed by atoms with Crippen molar-refractivity contribution in [2.75, 3.05) is 6.54 Å². The monoisotopic (exact) mass is 319 g/mol. The van der Waals surface area contributed by atoms with Crippen LogP contribution in [0.25, 0.3) is 5.69 Å². The number of nitrogens with one attached hydrogen (secondary N) is 1. The van der Waals surface area contributed by atoms with Crippen molar-refractivity contribution in [3.05, 3.63) is 40.4 Å². The van der Waals surface area contributed by atoms with E-state index in [1.54, 1.807) is 4.68 Å². The zero-order chi connectivity index (χ0) is 13.8. The van der Waals surface area contributed by atoms with Crippen LogP contribution in [0.3, 0.4) is 0 Å². The van der Waals surface area contributed by atoms with Gasteiger partial charge in [-0.15, -0.1) is 5.10 Å². The van der Waals surface area contributed by atoms with Crippen molar-refractivity contribution in [1.29, 1.82) is 5.26 Å². The molecule has 1 atom stereocenters. The van der Waals surface area contributed by atoms with Gasteiger partial charge in [0.2, 0.25) is 0 Å². The number of rotatable bonds is 4. The third kappa shape index (κ3) is 3.00. The highest BCUT2D eigenvalue weighted by Gasteiger charge is 2.10. The van der Waals surface area contributed by atoms with Crippen LogP contribution in [0.5, 0.6) is 0 Å². The molecule has 0 saturated carbocycles. The van der Waals surface area contributed by atoms with E-state index >= 15 is 0 Å². The normalized spacial score (nSPS) is 12.1. The Morgan fingerprint density at radius 1 is 1.53 bits per heavy atom. The third-order valence-electron chi connectivity index (χ3n) is 2.82. The first-order valence-electron chi connectivity index (χ1n) is 6.00. The third-order valence-corrected chi connectivity index (χ3v) is 3.50. The lowest BCUT2D eigenvalue weighted by Crippen LogP contribution is -2.18. The van der Waals surface area contributed by atoms with Crippen LogP contribution in [-0.4, -0.2) is 21.3 Å². The van der Waals surface area contributed by atoms with Crippen molar-refractivity contribution in [1.82, 2.24) is 20.1 Å². The van der Waals surface area contributed by atoms with Crippen molar-refractivity contribution in [3.8, 4) is 11.8 Å². The Kier molecular flexibility index (Phi) is 4.30. The van der Waals surface area contributed by atoms with Crippen LogP contribution in [0.2, 0.25) is 0 Å². The molecule has 0 spiro atoms. The summed E-state index contributed by atoms with van der Waals surface area (Å²) in [5.74, 6) is 0.168. The molecule has 1 N–H and O–H groups in total. The Labute approximate surface area is 120 Å². The van der Waals surface area contributed by atoms with Crippen LogP contribution in [0.4, 0.5) is 0 Å². The summed E-state index contributed by atoms with van der Waals surface area (Å²) in [6, 6.07) is 8.17. The number of halogens is 1. The predicted molar refractivity (Wildman–Crippen MR) is 75.9 cm³/mol. The van der Waals surface area contributed by atoms with E-state index in [1.165, 1.54) is 11.9 Å². The molecule has 1 aromatic heterocycles. The molecule has 0 saturated heterocycles. The van der Waals surface area contributed by atoms with E-state index in [-0.39, 0.29) is 11.9 Å². The first-order valence-corrected chi connectivity index (χ1v) is 6.80. The lowest BCUT2D eigenvalue weighted by atomic mass is 10.1. The first kappa shape index (κ1) is 13.7. The minimum Gasteiger partial charge on any atom is -0.310 e. The molecule has 98 valence electrons. The van der Waals surface area contributed by atoms with Crippen molar-refractivity contribution < 1.29 is 0 Å². The zero-order valence-corrected chi connectivity index (χ0v) is 12.3. The highest BCUT2D eigenvalue weighted by molar-refractivity contribution is 9.10. The Bertz CT molecular complexity index is 614. The maximum absolute atomic E-state index is 8.72. The van der Waals surface area contributed by atoms with Gasteiger partial charge in [0.05, 0.1) is 5.69 Å². The van der Waals surface area contributed by atoms with Gasteiger partial charge in [-0.3, -0.25) is 0 Å². The number of nitriles is 1. The number of aromatic nitrogens is 3. The van der Waals surface area contributed by atoms with E-state index in [4.69, 9.17) is 5.26 Å². The molecule has 19 heavy (non-hydrogen) atoms. The fourth-order valence-corrected chi connectivity index (χ4v) is 2.57. The summed E-state index contributed by atoms with van der Waals surface area (Å²) in [4.78, 5) is 3.89. The van der Waals surface area contributed by atoms with Crippen molar-refractivity contribution in [3.63, 3.8) is 0 Å². The molecule has 0 radical (unpaired) electrons. The van der Waals surface area contributed by atoms with Crippen molar-refractivity contribution in [2.24, 2.45) is 0 Å². The van der Waals surface area contributed by atoms with Crippen LogP contribution in [0, 0.1) is 11.3 Å². The fraction of sp³-hybridized carbons (Fsp3) is 0.308. The highest BCUT2D eigenvalue weighted by Crippen LogP contribution is 2.25. The lowest BCUT2D eigenvalue weighted by Gasteiger charge is -2.15. The summed E-state index contributed by atoms with van der Waals surface area (Å²) in [6.07, 6.45) is 1.54. The van der Waals surface area contributed by atoms with E-state index in [9.17, 15) is 0 Å². The summed E-state index contributed by atoms with van der Waals surface area (Å²) >= 11 is 3.57. The molecule has 1 unspecified atom stereocenters. The average molecular weight is 320 g/mol. The van der Waals surface area contributed by atoms with Crippen molar-refractivity contribution in [2.45, 2.75) is 19.9 Å². The quantitative estimate of drug-likeness (QED) is 0.940. The van der Waals surface area contributed by atoms with Gasteiger partial charge in [0, 0.05) is 10.5 Å². The van der Waals surface area contributed by atoms with Gasteiger partial charge in [-0.25, -0.2) is 9.67 Å². The topological polar surface area (TPSA) is 66.5 Å². The lowest BCUT2D eigenvalue weighted by molar-refractivity contribution is 0.596. The van der Waals surface area contributed by atoms with E-state index in [1.807, 2.05) is 24.3 Å². The minimum absolute atomic E-state index is 0.168. The molecule has 0 aliphatic heterocycles. The largest absolute Gasteiger partial charge is 0.310 e. The summed E-state index contributed by atoms with van der Waals surface area (Å²) in [7, 11) is 0. The molecule has 0 aliphatic carbocycles. The molecule has 5 nitrogen and oxygen atoms in total. The van der Waals surface area contributed by atoms with E-state index in [2.05, 4.69) is 45.2 Å². The standard InChI is InChI=1S/C13H14BrN5/c1-3-16-9(2)11-5-4-10(6-12(11)14)19-8-17-13(7-15)18-19/h4-6,8-9,16H,3H2,1-2H3. The molecular formula is C13H14BrN5. The Morgan fingerprint density at radius 3 is 2.89 bits per heavy atom. The van der Waals surface area contributed by atoms with Crippen LogP contribution in [-0.2, 0) is 0 Å². The van der Waals surface area contributed by atoms with E-state index in [0.717, 1.165) is 16.7 Å². The Hall–Kier alpha value is -1.71. The van der Waals surface area contributed by atoms with Gasteiger partial charge >= 0.3 is 0 Å². The van der Waals surface area contributed by atoms with Crippen LogP contribution in [0.1, 0.15) is 31.3 Å². The highest BCUT2D eigenvalue weighted by atomic mass is 79.9. The molecule has 1 aromatic carbocycles. The molecule has 0 amide bonds. The van der Waals surface area contributed by atoms with Gasteiger partial charge in [-0.05, 0) is 31.2 Å². The van der Waals surface area contributed by atoms with Crippen LogP contribution < -0.4 is 5.32 Å². The summed E-state index contributed by atoms with van der Waals surface area (Å²) in [6.45, 7) is 5.12. The maximum atomic E-state index is 8.72. The summed E-state index contributed by atoms with van der Waals surface area (Å²) in [5, 5.41) is 16.1. The number of benzene rings is 1. The number of hydrogen-bond acceptors (Lipinski definition) is 4. The fourth-order valence-electron chi connectivity index (χ4n) is 1.86. The second-order valence-corrected chi connectivity index (χ2v) is 4.96. The van der Waals surface area contributed by atoms with Gasteiger partial charge < -0.3 is 5.32 Å². The van der Waals surface area contributed by atoms with Crippen LogP contribution >= 0.6 is 15.9 Å². The molecule has 0 bridgehead atoms. The summed E-state index contributed by atoms with van der Waals surface area (Å²) in [5.41, 5.74) is 2.06. The molecule has 2 rings (SSSR count). The number of hydrogen-bond donors (Lipinski definition) is 1. The first-order chi connectivity index (χ1) is 9.15. The Morgan fingerprint density at radius 2 is 2.32 bits per heavy atom. The molecule has 2 aromatic rings. The van der Waals surface area contributed by atoms with Crippen LogP contribution in [0.15, 0.2) is 29.0 Å². The van der Waals surface area contributed by atoms with Gasteiger partial charge in [0.25, 0.3) is 5.82 Å². The predicted octanol–water partition coefficient (Wildman–Crippen LogP) is 2.57. The smallest absolute Gasteiger partial charge is 0.252 e. The second-order valence-electron chi connectivity index (χ2n) is 4.11. The van der Waals surface area contributed by atoms with Gasteiger partial charge in [-0.2, -0.15) is 5.26 Å². The van der Waals surface area contributed by atoms with Gasteiger partial charge in [-0.1, -0.05) is 28.9 Å². The maximum Gasteiger partial charge on any atom is 0.252 e. The SMILES string of the molecule is CCNC(C)c1ccc(-n2cnc(C#N)n2)cc1Br. The average Bonchev–Trinajstić information content (AvgIpc) is 2.87. The second kappa shape index (κ2) is 5.95. The zero-order valence-electron chi connectivity index (χ0n) is 10.8. The van der Waals surface area contributed by atoms with Gasteiger partial charge in [0.1, 0.15) is 12.4 Å². The van der Waals surface area contributed by atoms with E-state index in [0.29, 0.717) is 0 Å². The summed E-state index contributed by atoms with van der Waals surface area (Å²) < 4.78 is 2.60. The molecular weight excluding hydrogens is 306 g/mol. The van der Waals surface area contributed by atoms with Gasteiger partial charge in [0.15, 0.2) is 0 Å². The minimum atomic E-state index is 0.168. The van der Waals surface area contributed by atoms with E-state index < -0.39 is 0 Å². The molecule has 0 fully saturated rings. The molecule has 1 heterocycles. The van der Waals surface area contributed by atoms with Crippen molar-refractivity contribution >= 4 is 15.9 Å². The Balaban J connectivity index is 2.31. The number of nitrogens with zero attached hydrogens (tertiary/aromatic N) is 4. The molecule has 0 aliphatic rings.